The molecule has 0 saturated carbocycles. The molecule has 0 aliphatic rings. The molecule has 0 rings (SSSR count). The fourth-order valence-corrected chi connectivity index (χ4v) is 0. The van der Waals surface area contributed by atoms with Gasteiger partial charge in [0.2, 0.25) is 0 Å². The van der Waals surface area contributed by atoms with Crippen LogP contribution in [0.1, 0.15) is 4.28 Å². The Kier molecular flexibility index (Phi) is 8810. The second-order valence-electron chi connectivity index (χ2n) is 0. The number of hydrogen-bond acceptors (Lipinski definition) is 0. The van der Waals surface area contributed by atoms with E-state index in [1.807, 2.05) is 0 Å². The molecule has 0 heterocycles. The van der Waals surface area contributed by atoms with E-state index in [1.165, 1.54) is 0 Å². The van der Waals surface area contributed by atoms with Crippen LogP contribution >= 0.6 is 0 Å². The third-order valence-electron chi connectivity index (χ3n) is 0. The molecule has 6 N–H and O–H groups in total. The van der Waals surface area contributed by atoms with E-state index in [-0.39, 0.29) is 38.1 Å². The highest BCUT2D eigenvalue weighted by atomic mass is 27.0. The molecule has 0 atom stereocenters. The fraction of sp³-hybridized carbons (Fsp3) is 0. The van der Waals surface area contributed by atoms with Gasteiger partial charge in [0.05, 0.1) is 0 Å². The van der Waals surface area contributed by atoms with Gasteiger partial charge in [-0.2, -0.15) is 0 Å². The summed E-state index contributed by atoms with van der Waals surface area (Å²) in [6.45, 7) is 0. The Morgan fingerprint density at radius 2 is 0.750 bits per heavy atom. The highest BCUT2D eigenvalue weighted by Crippen LogP contribution is -0.287. The minimum atomic E-state index is 0. The van der Waals surface area contributed by atoms with Crippen LogP contribution in [-0.4, -0.2) is 33.8 Å². The minimum absolute atomic E-state index is 0. The SMILES string of the molecule is O.O.O.[Al].[HH].[HH].[HH]. The summed E-state index contributed by atoms with van der Waals surface area (Å²) in [5.74, 6) is 0. The average Bonchev–Trinajstić information content (AvgIpc) is 0. The Morgan fingerprint density at radius 1 is 0.750 bits per heavy atom. The molecule has 0 aromatic rings. The third kappa shape index (κ3) is 28.3. The minimum Gasteiger partial charge on any atom is -0.412 e. The van der Waals surface area contributed by atoms with Gasteiger partial charge in [-0.25, -0.2) is 0 Å². The van der Waals surface area contributed by atoms with Gasteiger partial charge in [-0.15, -0.1) is 0 Å². The van der Waals surface area contributed by atoms with Crippen molar-refractivity contribution in [1.82, 2.24) is 0 Å². The summed E-state index contributed by atoms with van der Waals surface area (Å²) >= 11 is 0. The molecule has 0 aliphatic heterocycles. The van der Waals surface area contributed by atoms with Gasteiger partial charge in [0.15, 0.2) is 0 Å². The lowest BCUT2D eigenvalue weighted by molar-refractivity contribution is 0.823. The van der Waals surface area contributed by atoms with E-state index in [0.29, 0.717) is 0 Å². The molecule has 0 saturated heterocycles. The van der Waals surface area contributed by atoms with Crippen molar-refractivity contribution in [3.63, 3.8) is 0 Å². The molecule has 0 unspecified atom stereocenters. The summed E-state index contributed by atoms with van der Waals surface area (Å²) in [6.07, 6.45) is 0. The van der Waals surface area contributed by atoms with Crippen LogP contribution in [0, 0.1) is 0 Å². The molecular weight excluding hydrogens is 75.0 g/mol. The zero-order chi connectivity index (χ0) is 0. The maximum atomic E-state index is 0. The quantitative estimate of drug-likeness (QED) is 0.302. The third-order valence-corrected chi connectivity index (χ3v) is 0. The first kappa shape index (κ1) is 302. The van der Waals surface area contributed by atoms with E-state index >= 15 is 0 Å². The molecule has 3 nitrogen and oxygen atoms in total. The van der Waals surface area contributed by atoms with Crippen LogP contribution in [0.5, 0.6) is 0 Å². The Labute approximate surface area is 39.1 Å². The van der Waals surface area contributed by atoms with Crippen LogP contribution in [0.15, 0.2) is 0 Å². The van der Waals surface area contributed by atoms with Crippen molar-refractivity contribution < 1.29 is 20.7 Å². The number of hydrogen-bond donors (Lipinski definition) is 0. The standard InChI is InChI=1S/Al.3H2O.3H2/h;3*1H2;3*1H. The Balaban J connectivity index is 0. The summed E-state index contributed by atoms with van der Waals surface area (Å²) in [5.41, 5.74) is 0. The molecule has 0 aromatic carbocycles. The fourth-order valence-electron chi connectivity index (χ4n) is 0. The highest BCUT2D eigenvalue weighted by molar-refractivity contribution is 5.75. The topological polar surface area (TPSA) is 94.5 Å². The second kappa shape index (κ2) is 117. The summed E-state index contributed by atoms with van der Waals surface area (Å²) in [4.78, 5) is 0. The molecular formula is H12AlO3. The van der Waals surface area contributed by atoms with Crippen molar-refractivity contribution in [2.24, 2.45) is 0 Å². The number of rotatable bonds is 0. The van der Waals surface area contributed by atoms with E-state index < -0.39 is 0 Å². The summed E-state index contributed by atoms with van der Waals surface area (Å²) in [7, 11) is 0. The first-order chi connectivity index (χ1) is 0. The first-order valence-corrected chi connectivity index (χ1v) is 0. The maximum Gasteiger partial charge on any atom is 0 e. The van der Waals surface area contributed by atoms with Crippen molar-refractivity contribution in [2.75, 3.05) is 0 Å². The van der Waals surface area contributed by atoms with Gasteiger partial charge in [-0.05, 0) is 0 Å². The predicted molar refractivity (Wildman–Crippen MR) is 22.9 cm³/mol. The molecule has 0 aromatic heterocycles. The predicted octanol–water partition coefficient (Wildman–Crippen LogP) is -2.12. The lowest BCUT2D eigenvalue weighted by Gasteiger charge is -0.413. The normalized spacial score (nSPS) is 0. The van der Waals surface area contributed by atoms with Gasteiger partial charge < -0.3 is 16.4 Å². The summed E-state index contributed by atoms with van der Waals surface area (Å²) in [5, 5.41) is 0. The summed E-state index contributed by atoms with van der Waals surface area (Å²) in [6, 6.07) is 0. The molecule has 0 amide bonds. The van der Waals surface area contributed by atoms with Gasteiger partial charge in [-0.1, -0.05) is 0 Å². The van der Waals surface area contributed by atoms with Crippen LogP contribution < -0.4 is 0 Å². The Morgan fingerprint density at radius 3 is 0.750 bits per heavy atom. The van der Waals surface area contributed by atoms with Crippen molar-refractivity contribution in [2.45, 2.75) is 0 Å². The van der Waals surface area contributed by atoms with Crippen molar-refractivity contribution >= 4 is 17.4 Å². The van der Waals surface area contributed by atoms with Crippen LogP contribution in [0.2, 0.25) is 0 Å². The van der Waals surface area contributed by atoms with Gasteiger partial charge in [0, 0.05) is 21.6 Å². The highest BCUT2D eigenvalue weighted by Gasteiger charge is 0.00000733. The second-order valence-corrected chi connectivity index (χ2v) is 0. The van der Waals surface area contributed by atoms with E-state index in [1.54, 1.807) is 0 Å². The average molecular weight is 87.1 g/mol. The molecule has 33 valence electrons. The molecule has 0 fully saturated rings. The van der Waals surface area contributed by atoms with Crippen LogP contribution in [0.25, 0.3) is 0 Å². The van der Waals surface area contributed by atoms with Crippen molar-refractivity contribution in [3.05, 3.63) is 0 Å². The molecule has 0 aliphatic carbocycles. The Hall–Kier alpha value is 0.412. The Bertz CT molecular complexity index is 10.1. The largest absolute Gasteiger partial charge is 0.412 e. The molecule has 4 heavy (non-hydrogen) atoms. The van der Waals surface area contributed by atoms with Crippen LogP contribution in [0.4, 0.5) is 0 Å². The smallest absolute Gasteiger partial charge is 0 e. The van der Waals surface area contributed by atoms with Gasteiger partial charge in [0.25, 0.3) is 0 Å². The first-order valence-electron chi connectivity index (χ1n) is 0. The molecule has 0 bridgehead atoms. The molecule has 3 radical (unpaired) electrons. The maximum absolute atomic E-state index is 0. The van der Waals surface area contributed by atoms with Crippen LogP contribution in [0.3, 0.4) is 0 Å². The molecule has 0 spiro atoms. The van der Waals surface area contributed by atoms with E-state index in [2.05, 4.69) is 0 Å². The van der Waals surface area contributed by atoms with Crippen molar-refractivity contribution in [3.8, 4) is 0 Å². The van der Waals surface area contributed by atoms with E-state index in [9.17, 15) is 0 Å². The lowest BCUT2D eigenvalue weighted by Crippen LogP contribution is -0.381. The lowest BCUT2D eigenvalue weighted by atomic mass is 16.0. The zero-order valence-corrected chi connectivity index (χ0v) is 3.23. The zero-order valence-electron chi connectivity index (χ0n) is 2.08. The van der Waals surface area contributed by atoms with Crippen molar-refractivity contribution in [1.29, 1.82) is 0 Å². The van der Waals surface area contributed by atoms with Gasteiger partial charge in [-0.3, -0.25) is 0 Å². The molecule has 4 heteroatoms. The van der Waals surface area contributed by atoms with E-state index in [0.717, 1.165) is 0 Å². The van der Waals surface area contributed by atoms with Gasteiger partial charge in [0.1, 0.15) is 0 Å². The monoisotopic (exact) mass is 87.1 g/mol. The van der Waals surface area contributed by atoms with E-state index in [4.69, 9.17) is 0 Å². The van der Waals surface area contributed by atoms with Gasteiger partial charge >= 0.3 is 0 Å². The van der Waals surface area contributed by atoms with Crippen LogP contribution in [-0.2, 0) is 0 Å². The summed E-state index contributed by atoms with van der Waals surface area (Å²) < 4.78 is 0.